The Morgan fingerprint density at radius 3 is 2.29 bits per heavy atom. The molecule has 3 nitrogen and oxygen atoms in total. The third-order valence-corrected chi connectivity index (χ3v) is 4.40. The second-order valence-corrected chi connectivity index (χ2v) is 6.41. The van der Waals surface area contributed by atoms with E-state index in [2.05, 4.69) is 37.2 Å². The van der Waals surface area contributed by atoms with Gasteiger partial charge in [-0.3, -0.25) is 0 Å². The van der Waals surface area contributed by atoms with Crippen LogP contribution < -0.4 is 14.8 Å². The summed E-state index contributed by atoms with van der Waals surface area (Å²) in [5.41, 5.74) is 2.06. The van der Waals surface area contributed by atoms with E-state index in [0.717, 1.165) is 25.9 Å². The Morgan fingerprint density at radius 1 is 1.05 bits per heavy atom. The number of anilines is 1. The summed E-state index contributed by atoms with van der Waals surface area (Å²) in [6.07, 6.45) is 0. The van der Waals surface area contributed by atoms with Gasteiger partial charge in [0, 0.05) is 18.3 Å². The number of nitrogens with one attached hydrogen (secondary N) is 1. The average Bonchev–Trinajstić information content (AvgIpc) is 2.46. The van der Waals surface area contributed by atoms with Gasteiger partial charge >= 0.3 is 0 Å². The zero-order chi connectivity index (χ0) is 15.4. The van der Waals surface area contributed by atoms with Crippen LogP contribution in [-0.4, -0.2) is 14.2 Å². The second-order valence-electron chi connectivity index (χ2n) is 4.30. The number of hydrogen-bond acceptors (Lipinski definition) is 3. The zero-order valence-corrected chi connectivity index (χ0v) is 15.5. The van der Waals surface area contributed by atoms with E-state index in [9.17, 15) is 0 Å². The van der Waals surface area contributed by atoms with Gasteiger partial charge in [-0.1, -0.05) is 11.6 Å². The van der Waals surface area contributed by atoms with Gasteiger partial charge in [0.05, 0.1) is 28.2 Å². The second kappa shape index (κ2) is 7.38. The van der Waals surface area contributed by atoms with Gasteiger partial charge in [-0.2, -0.15) is 0 Å². The highest BCUT2D eigenvalue weighted by Crippen LogP contribution is 2.34. The minimum absolute atomic E-state index is 0.595. The van der Waals surface area contributed by atoms with Crippen molar-refractivity contribution in [1.82, 2.24) is 0 Å². The van der Waals surface area contributed by atoms with Crippen LogP contribution in [0.2, 0.25) is 5.02 Å². The van der Waals surface area contributed by atoms with E-state index in [4.69, 9.17) is 21.1 Å². The normalized spacial score (nSPS) is 10.3. The van der Waals surface area contributed by atoms with Crippen molar-refractivity contribution in [3.63, 3.8) is 0 Å². The minimum atomic E-state index is 0.595. The number of ether oxygens (including phenoxy) is 2. The molecular formula is C15H14Br2ClNO2. The first-order chi connectivity index (χ1) is 10.0. The van der Waals surface area contributed by atoms with Crippen LogP contribution in [0.4, 0.5) is 5.69 Å². The fourth-order valence-electron chi connectivity index (χ4n) is 1.88. The third kappa shape index (κ3) is 4.05. The van der Waals surface area contributed by atoms with Gasteiger partial charge in [0.15, 0.2) is 0 Å². The molecule has 2 aromatic rings. The van der Waals surface area contributed by atoms with E-state index in [1.165, 1.54) is 0 Å². The van der Waals surface area contributed by atoms with Gasteiger partial charge in [-0.05, 0) is 61.7 Å². The maximum absolute atomic E-state index is 6.01. The zero-order valence-electron chi connectivity index (χ0n) is 11.5. The lowest BCUT2D eigenvalue weighted by Gasteiger charge is -2.12. The Morgan fingerprint density at radius 2 is 1.71 bits per heavy atom. The van der Waals surface area contributed by atoms with Gasteiger partial charge in [-0.15, -0.1) is 0 Å². The van der Waals surface area contributed by atoms with Crippen molar-refractivity contribution in [3.05, 3.63) is 49.9 Å². The lowest BCUT2D eigenvalue weighted by molar-refractivity contribution is 0.409. The summed E-state index contributed by atoms with van der Waals surface area (Å²) in [7, 11) is 3.24. The van der Waals surface area contributed by atoms with Crippen LogP contribution in [0.25, 0.3) is 0 Å². The number of halogens is 3. The molecule has 1 N–H and O–H groups in total. The molecule has 21 heavy (non-hydrogen) atoms. The third-order valence-electron chi connectivity index (χ3n) is 2.91. The summed E-state index contributed by atoms with van der Waals surface area (Å²) >= 11 is 13.0. The SMILES string of the molecule is COc1cc(NCc2cc(Br)c(OC)c(Br)c2)ccc1Cl. The Balaban J connectivity index is 2.13. The van der Waals surface area contributed by atoms with Gasteiger partial charge in [0.2, 0.25) is 0 Å². The highest BCUT2D eigenvalue weighted by molar-refractivity contribution is 9.11. The van der Waals surface area contributed by atoms with Crippen LogP contribution >= 0.6 is 43.5 Å². The van der Waals surface area contributed by atoms with Crippen molar-refractivity contribution in [2.75, 3.05) is 19.5 Å². The monoisotopic (exact) mass is 433 g/mol. The molecule has 6 heteroatoms. The van der Waals surface area contributed by atoms with Crippen molar-refractivity contribution in [2.45, 2.75) is 6.54 Å². The molecule has 2 rings (SSSR count). The molecule has 0 aliphatic carbocycles. The maximum atomic E-state index is 6.01. The van der Waals surface area contributed by atoms with Crippen molar-refractivity contribution in [3.8, 4) is 11.5 Å². The molecule has 0 radical (unpaired) electrons. The van der Waals surface area contributed by atoms with E-state index in [1.807, 2.05) is 30.3 Å². The van der Waals surface area contributed by atoms with Crippen molar-refractivity contribution in [1.29, 1.82) is 0 Å². The predicted octanol–water partition coefficient (Wildman–Crippen LogP) is 5.49. The molecule has 0 spiro atoms. The highest BCUT2D eigenvalue weighted by atomic mass is 79.9. The van der Waals surface area contributed by atoms with Gasteiger partial charge in [0.25, 0.3) is 0 Å². The van der Waals surface area contributed by atoms with Crippen LogP contribution in [-0.2, 0) is 6.54 Å². The summed E-state index contributed by atoms with van der Waals surface area (Å²) in [5, 5.41) is 3.93. The molecule has 112 valence electrons. The molecule has 0 fully saturated rings. The van der Waals surface area contributed by atoms with E-state index in [1.54, 1.807) is 14.2 Å². The quantitative estimate of drug-likeness (QED) is 0.673. The predicted molar refractivity (Wildman–Crippen MR) is 93.7 cm³/mol. The van der Waals surface area contributed by atoms with Crippen LogP contribution in [0.3, 0.4) is 0 Å². The Bertz CT molecular complexity index is 627. The van der Waals surface area contributed by atoms with Gasteiger partial charge in [-0.25, -0.2) is 0 Å². The van der Waals surface area contributed by atoms with Crippen LogP contribution in [0, 0.1) is 0 Å². The molecule has 2 aromatic carbocycles. The summed E-state index contributed by atoms with van der Waals surface area (Å²) in [6, 6.07) is 9.63. The molecule has 0 saturated heterocycles. The van der Waals surface area contributed by atoms with E-state index in [-0.39, 0.29) is 0 Å². The summed E-state index contributed by atoms with van der Waals surface area (Å²) in [6.45, 7) is 0.673. The lowest BCUT2D eigenvalue weighted by atomic mass is 10.2. The van der Waals surface area contributed by atoms with E-state index in [0.29, 0.717) is 17.3 Å². The van der Waals surface area contributed by atoms with E-state index < -0.39 is 0 Å². The maximum Gasteiger partial charge on any atom is 0.147 e. The first-order valence-electron chi connectivity index (χ1n) is 6.14. The van der Waals surface area contributed by atoms with Crippen molar-refractivity contribution in [2.24, 2.45) is 0 Å². The highest BCUT2D eigenvalue weighted by Gasteiger charge is 2.08. The molecule has 0 saturated carbocycles. The average molecular weight is 436 g/mol. The van der Waals surface area contributed by atoms with Crippen molar-refractivity contribution < 1.29 is 9.47 Å². The largest absolute Gasteiger partial charge is 0.495 e. The molecule has 0 unspecified atom stereocenters. The number of benzene rings is 2. The number of methoxy groups -OCH3 is 2. The van der Waals surface area contributed by atoms with E-state index >= 15 is 0 Å². The fourth-order valence-corrected chi connectivity index (χ4v) is 3.68. The molecule has 0 heterocycles. The molecule has 0 amide bonds. The topological polar surface area (TPSA) is 30.5 Å². The standard InChI is InChI=1S/C15H14Br2ClNO2/c1-20-14-7-10(3-4-13(14)18)19-8-9-5-11(16)15(21-2)12(17)6-9/h3-7,19H,8H2,1-2H3. The Labute approximate surface area is 145 Å². The van der Waals surface area contributed by atoms with Crippen molar-refractivity contribution >= 4 is 49.1 Å². The molecular weight excluding hydrogens is 421 g/mol. The number of rotatable bonds is 5. The molecule has 0 atom stereocenters. The minimum Gasteiger partial charge on any atom is -0.495 e. The van der Waals surface area contributed by atoms with Gasteiger partial charge < -0.3 is 14.8 Å². The summed E-state index contributed by atoms with van der Waals surface area (Å²) < 4.78 is 12.3. The molecule has 0 aromatic heterocycles. The molecule has 0 bridgehead atoms. The first kappa shape index (κ1) is 16.5. The van der Waals surface area contributed by atoms with Crippen LogP contribution in [0.1, 0.15) is 5.56 Å². The smallest absolute Gasteiger partial charge is 0.147 e. The fraction of sp³-hybridized carbons (Fsp3) is 0.200. The molecule has 0 aliphatic heterocycles. The first-order valence-corrected chi connectivity index (χ1v) is 8.11. The van der Waals surface area contributed by atoms with Crippen LogP contribution in [0.15, 0.2) is 39.3 Å². The Hall–Kier alpha value is -0.910. The Kier molecular flexibility index (Phi) is 5.79. The summed E-state index contributed by atoms with van der Waals surface area (Å²) in [4.78, 5) is 0. The van der Waals surface area contributed by atoms with Crippen LogP contribution in [0.5, 0.6) is 11.5 Å². The summed E-state index contributed by atoms with van der Waals surface area (Å²) in [5.74, 6) is 1.44. The molecule has 0 aliphatic rings. The lowest BCUT2D eigenvalue weighted by Crippen LogP contribution is -2.00. The van der Waals surface area contributed by atoms with Gasteiger partial charge in [0.1, 0.15) is 11.5 Å². The number of hydrogen-bond donors (Lipinski definition) is 1.